The highest BCUT2D eigenvalue weighted by Gasteiger charge is 2.12. The van der Waals surface area contributed by atoms with Gasteiger partial charge < -0.3 is 4.98 Å². The fourth-order valence-corrected chi connectivity index (χ4v) is 3.35. The van der Waals surface area contributed by atoms with Gasteiger partial charge >= 0.3 is 0 Å². The molecule has 0 radical (unpaired) electrons. The molecular formula is C21H23N5. The molecule has 26 heavy (non-hydrogen) atoms. The molecule has 0 saturated heterocycles. The van der Waals surface area contributed by atoms with Crippen molar-refractivity contribution in [2.24, 2.45) is 0 Å². The molecule has 132 valence electrons. The number of benzene rings is 1. The lowest BCUT2D eigenvalue weighted by Crippen LogP contribution is -2.06. The third-order valence-corrected chi connectivity index (χ3v) is 4.61. The van der Waals surface area contributed by atoms with Crippen molar-refractivity contribution >= 4 is 10.9 Å². The van der Waals surface area contributed by atoms with Gasteiger partial charge in [0.2, 0.25) is 0 Å². The first-order valence-electron chi connectivity index (χ1n) is 9.20. The summed E-state index contributed by atoms with van der Waals surface area (Å²) >= 11 is 0. The van der Waals surface area contributed by atoms with Crippen LogP contribution in [0, 0.1) is 0 Å². The Morgan fingerprint density at radius 2 is 2.00 bits per heavy atom. The van der Waals surface area contributed by atoms with Gasteiger partial charge in [-0.1, -0.05) is 31.2 Å². The van der Waals surface area contributed by atoms with E-state index < -0.39 is 0 Å². The van der Waals surface area contributed by atoms with Gasteiger partial charge in [0, 0.05) is 48.9 Å². The van der Waals surface area contributed by atoms with Gasteiger partial charge in [-0.15, -0.1) is 0 Å². The predicted octanol–water partition coefficient (Wildman–Crippen LogP) is 3.94. The van der Waals surface area contributed by atoms with Crippen molar-refractivity contribution in [1.82, 2.24) is 24.7 Å². The molecule has 4 aromatic rings. The van der Waals surface area contributed by atoms with Crippen molar-refractivity contribution in [2.75, 3.05) is 0 Å². The minimum atomic E-state index is 0.727. The molecule has 0 saturated carbocycles. The largest absolute Gasteiger partial charge is 0.361 e. The van der Waals surface area contributed by atoms with Gasteiger partial charge in [-0.25, -0.2) is 9.67 Å². The van der Waals surface area contributed by atoms with Gasteiger partial charge in [0.25, 0.3) is 0 Å². The Balaban J connectivity index is 1.53. The normalized spacial score (nSPS) is 11.3. The number of hydrogen-bond donors (Lipinski definition) is 1. The molecule has 0 unspecified atom stereocenters. The number of rotatable bonds is 7. The number of aromatic nitrogens is 5. The van der Waals surface area contributed by atoms with E-state index in [1.807, 2.05) is 12.3 Å². The third kappa shape index (κ3) is 3.52. The maximum Gasteiger partial charge on any atom is 0.155 e. The molecule has 3 heterocycles. The third-order valence-electron chi connectivity index (χ3n) is 4.61. The molecule has 0 aliphatic carbocycles. The van der Waals surface area contributed by atoms with Crippen LogP contribution in [-0.2, 0) is 25.8 Å². The van der Waals surface area contributed by atoms with E-state index in [0.717, 1.165) is 49.4 Å². The van der Waals surface area contributed by atoms with E-state index in [2.05, 4.69) is 58.1 Å². The van der Waals surface area contributed by atoms with Crippen molar-refractivity contribution in [3.05, 3.63) is 77.8 Å². The van der Waals surface area contributed by atoms with Crippen molar-refractivity contribution < 1.29 is 0 Å². The van der Waals surface area contributed by atoms with E-state index in [1.165, 1.54) is 16.5 Å². The van der Waals surface area contributed by atoms with Crippen LogP contribution in [0.5, 0.6) is 0 Å². The molecule has 0 fully saturated rings. The zero-order chi connectivity index (χ0) is 17.8. The molecule has 5 nitrogen and oxygen atoms in total. The molecule has 0 atom stereocenters. The summed E-state index contributed by atoms with van der Waals surface area (Å²) in [5.74, 6) is 1.94. The van der Waals surface area contributed by atoms with Crippen LogP contribution in [0.2, 0.25) is 0 Å². The predicted molar refractivity (Wildman–Crippen MR) is 103 cm³/mol. The average molecular weight is 345 g/mol. The smallest absolute Gasteiger partial charge is 0.155 e. The number of H-pyrrole nitrogens is 1. The number of pyridine rings is 1. The van der Waals surface area contributed by atoms with E-state index in [0.29, 0.717) is 0 Å². The fourth-order valence-electron chi connectivity index (χ4n) is 3.35. The van der Waals surface area contributed by atoms with Crippen molar-refractivity contribution in [2.45, 2.75) is 39.2 Å². The number of hydrogen-bond acceptors (Lipinski definition) is 3. The number of nitrogens with one attached hydrogen (secondary N) is 1. The molecule has 1 aromatic carbocycles. The summed E-state index contributed by atoms with van der Waals surface area (Å²) in [5, 5.41) is 6.02. The number of aromatic amines is 1. The van der Waals surface area contributed by atoms with Crippen molar-refractivity contribution in [3.63, 3.8) is 0 Å². The van der Waals surface area contributed by atoms with Gasteiger partial charge in [-0.05, 0) is 36.1 Å². The van der Waals surface area contributed by atoms with Gasteiger partial charge in [-0.2, -0.15) is 5.10 Å². The standard InChI is InChI=1S/C21H23N5/c1-2-12-26-21(24-20(25-26)13-16-6-5-11-22-14-16)10-9-17-15-23-19-8-4-3-7-18(17)19/h3-8,11,14-15,23H,2,9-10,12-13H2,1H3. The monoisotopic (exact) mass is 345 g/mol. The van der Waals surface area contributed by atoms with Crippen LogP contribution in [0.1, 0.15) is 36.1 Å². The summed E-state index contributed by atoms with van der Waals surface area (Å²) in [6, 6.07) is 12.5. The Hall–Kier alpha value is -2.95. The van der Waals surface area contributed by atoms with Gasteiger partial charge in [0.05, 0.1) is 0 Å². The topological polar surface area (TPSA) is 59.4 Å². The van der Waals surface area contributed by atoms with Crippen LogP contribution in [0.4, 0.5) is 0 Å². The van der Waals surface area contributed by atoms with Crippen LogP contribution in [0.25, 0.3) is 10.9 Å². The lowest BCUT2D eigenvalue weighted by atomic mass is 10.1. The highest BCUT2D eigenvalue weighted by Crippen LogP contribution is 2.19. The molecule has 4 rings (SSSR count). The molecule has 3 aromatic heterocycles. The number of nitrogens with zero attached hydrogens (tertiary/aromatic N) is 4. The highest BCUT2D eigenvalue weighted by molar-refractivity contribution is 5.83. The van der Waals surface area contributed by atoms with Crippen LogP contribution in [0.15, 0.2) is 55.0 Å². The zero-order valence-electron chi connectivity index (χ0n) is 15.0. The average Bonchev–Trinajstić information content (AvgIpc) is 3.25. The first kappa shape index (κ1) is 16.5. The van der Waals surface area contributed by atoms with E-state index in [4.69, 9.17) is 10.1 Å². The van der Waals surface area contributed by atoms with Crippen LogP contribution < -0.4 is 0 Å². The summed E-state index contributed by atoms with van der Waals surface area (Å²) in [4.78, 5) is 12.3. The summed E-state index contributed by atoms with van der Waals surface area (Å²) in [6.45, 7) is 3.08. The molecule has 0 aliphatic rings. The van der Waals surface area contributed by atoms with Crippen molar-refractivity contribution in [3.8, 4) is 0 Å². The molecule has 0 spiro atoms. The molecule has 0 amide bonds. The van der Waals surface area contributed by atoms with E-state index in [-0.39, 0.29) is 0 Å². The second-order valence-electron chi connectivity index (χ2n) is 6.56. The molecule has 0 bridgehead atoms. The second kappa shape index (κ2) is 7.52. The summed E-state index contributed by atoms with van der Waals surface area (Å²) < 4.78 is 2.07. The lowest BCUT2D eigenvalue weighted by Gasteiger charge is -2.03. The number of para-hydroxylation sites is 1. The summed E-state index contributed by atoms with van der Waals surface area (Å²) in [5.41, 5.74) is 3.67. The minimum Gasteiger partial charge on any atom is -0.361 e. The maximum absolute atomic E-state index is 4.82. The van der Waals surface area contributed by atoms with Crippen LogP contribution in [-0.4, -0.2) is 24.7 Å². The highest BCUT2D eigenvalue weighted by atomic mass is 15.3. The number of fused-ring (bicyclic) bond motifs is 1. The number of aryl methyl sites for hydroxylation is 3. The summed E-state index contributed by atoms with van der Waals surface area (Å²) in [7, 11) is 0. The molecular weight excluding hydrogens is 322 g/mol. The maximum atomic E-state index is 4.82. The Morgan fingerprint density at radius 1 is 1.08 bits per heavy atom. The van der Waals surface area contributed by atoms with Crippen molar-refractivity contribution in [1.29, 1.82) is 0 Å². The Kier molecular flexibility index (Phi) is 4.78. The first-order chi connectivity index (χ1) is 12.8. The Labute approximate surface area is 153 Å². The molecule has 1 N–H and O–H groups in total. The van der Waals surface area contributed by atoms with E-state index >= 15 is 0 Å². The minimum absolute atomic E-state index is 0.727. The van der Waals surface area contributed by atoms with E-state index in [1.54, 1.807) is 6.20 Å². The summed E-state index contributed by atoms with van der Waals surface area (Å²) in [6.07, 6.45) is 9.41. The van der Waals surface area contributed by atoms with E-state index in [9.17, 15) is 0 Å². The second-order valence-corrected chi connectivity index (χ2v) is 6.56. The van der Waals surface area contributed by atoms with Crippen LogP contribution >= 0.6 is 0 Å². The fraction of sp³-hybridized carbons (Fsp3) is 0.286. The Morgan fingerprint density at radius 3 is 2.85 bits per heavy atom. The first-order valence-corrected chi connectivity index (χ1v) is 9.20. The quantitative estimate of drug-likeness (QED) is 0.552. The molecule has 0 aliphatic heterocycles. The van der Waals surface area contributed by atoms with Gasteiger partial charge in [-0.3, -0.25) is 4.98 Å². The van der Waals surface area contributed by atoms with Gasteiger partial charge in [0.1, 0.15) is 5.82 Å². The zero-order valence-corrected chi connectivity index (χ0v) is 15.0. The lowest BCUT2D eigenvalue weighted by molar-refractivity contribution is 0.564. The molecule has 5 heteroatoms. The van der Waals surface area contributed by atoms with Gasteiger partial charge in [0.15, 0.2) is 5.82 Å². The Bertz CT molecular complexity index is 984. The van der Waals surface area contributed by atoms with Crippen LogP contribution in [0.3, 0.4) is 0 Å². The SMILES string of the molecule is CCCn1nc(Cc2cccnc2)nc1CCc1c[nH]c2ccccc12.